The monoisotopic (exact) mass is 729 g/mol. The van der Waals surface area contributed by atoms with Gasteiger partial charge in [-0.05, 0) is 56.6 Å². The first kappa shape index (κ1) is 43.8. The van der Waals surface area contributed by atoms with Crippen LogP contribution < -0.4 is 38.1 Å². The van der Waals surface area contributed by atoms with Crippen LogP contribution in [0.2, 0.25) is 0 Å². The van der Waals surface area contributed by atoms with Crippen molar-refractivity contribution in [2.24, 2.45) is 17.4 Å². The van der Waals surface area contributed by atoms with E-state index in [1.54, 1.807) is 20.1 Å². The SMILES string of the molecule is CSCCC(NC(=O)C(CCCCN)NC(=O)C(NC(=O)C(CCC(=O)O)NC(=O)C(CO)NC(=O)C(N)Cc1cnc[nH]1)C(C)C)C(=O)O. The predicted molar refractivity (Wildman–Crippen MR) is 182 cm³/mol. The molecule has 0 radical (unpaired) electrons. The Morgan fingerprint density at radius 1 is 0.820 bits per heavy atom. The van der Waals surface area contributed by atoms with E-state index in [0.29, 0.717) is 30.8 Å². The zero-order valence-electron chi connectivity index (χ0n) is 28.5. The van der Waals surface area contributed by atoms with E-state index in [-0.39, 0.29) is 19.3 Å². The van der Waals surface area contributed by atoms with Crippen molar-refractivity contribution in [1.29, 1.82) is 0 Å². The van der Waals surface area contributed by atoms with Crippen LogP contribution in [0.25, 0.3) is 0 Å². The molecule has 1 aromatic heterocycles. The van der Waals surface area contributed by atoms with E-state index in [0.717, 1.165) is 0 Å². The number of aliphatic carboxylic acids is 2. The largest absolute Gasteiger partial charge is 0.481 e. The molecule has 0 fully saturated rings. The summed E-state index contributed by atoms with van der Waals surface area (Å²) in [5.74, 6) is -6.89. The Kier molecular flexibility index (Phi) is 20.3. The Hall–Kier alpha value is -4.27. The molecule has 19 nitrogen and oxygen atoms in total. The number of hydrogen-bond donors (Lipinski definition) is 11. The summed E-state index contributed by atoms with van der Waals surface area (Å²) in [4.78, 5) is 95.4. The van der Waals surface area contributed by atoms with Gasteiger partial charge in [0.1, 0.15) is 30.2 Å². The lowest BCUT2D eigenvalue weighted by Crippen LogP contribution is -2.60. The highest BCUT2D eigenvalue weighted by Gasteiger charge is 2.34. The minimum atomic E-state index is -1.56. The summed E-state index contributed by atoms with van der Waals surface area (Å²) in [6, 6.07) is -7.84. The summed E-state index contributed by atoms with van der Waals surface area (Å²) in [6.07, 6.45) is 4.93. The van der Waals surface area contributed by atoms with Crippen molar-refractivity contribution in [3.8, 4) is 0 Å². The lowest BCUT2D eigenvalue weighted by molar-refractivity contribution is -0.142. The van der Waals surface area contributed by atoms with Gasteiger partial charge in [0.25, 0.3) is 0 Å². The third kappa shape index (κ3) is 16.0. The van der Waals surface area contributed by atoms with Gasteiger partial charge in [0.2, 0.25) is 29.5 Å². The fourth-order valence-corrected chi connectivity index (χ4v) is 5.06. The molecule has 0 saturated heterocycles. The van der Waals surface area contributed by atoms with Crippen molar-refractivity contribution in [2.45, 2.75) is 95.0 Å². The quantitative estimate of drug-likeness (QED) is 0.0453. The van der Waals surface area contributed by atoms with Crippen molar-refractivity contribution >= 4 is 53.2 Å². The van der Waals surface area contributed by atoms with Gasteiger partial charge in [-0.15, -0.1) is 0 Å². The maximum Gasteiger partial charge on any atom is 0.326 e. The van der Waals surface area contributed by atoms with Gasteiger partial charge >= 0.3 is 11.9 Å². The zero-order chi connectivity index (χ0) is 37.8. The van der Waals surface area contributed by atoms with Crippen LogP contribution in [0.4, 0.5) is 0 Å². The molecule has 50 heavy (non-hydrogen) atoms. The Labute approximate surface area is 294 Å². The summed E-state index contributed by atoms with van der Waals surface area (Å²) in [5.41, 5.74) is 12.0. The maximum absolute atomic E-state index is 13.5. The third-order valence-electron chi connectivity index (χ3n) is 7.48. The number of imidazole rings is 1. The molecule has 0 aliphatic carbocycles. The summed E-state index contributed by atoms with van der Waals surface area (Å²) in [6.45, 7) is 2.64. The van der Waals surface area contributed by atoms with Crippen LogP contribution in [0, 0.1) is 5.92 Å². The average Bonchev–Trinajstić information content (AvgIpc) is 3.57. The molecular formula is C30H51N9O10S. The van der Waals surface area contributed by atoms with Crippen molar-refractivity contribution < 1.29 is 48.9 Å². The second-order valence-corrected chi connectivity index (χ2v) is 12.9. The van der Waals surface area contributed by atoms with Gasteiger partial charge in [0, 0.05) is 24.7 Å². The topological polar surface area (TPSA) is 321 Å². The zero-order valence-corrected chi connectivity index (χ0v) is 29.3. The fraction of sp³-hybridized carbons (Fsp3) is 0.667. The van der Waals surface area contributed by atoms with Crippen molar-refractivity contribution in [2.75, 3.05) is 25.2 Å². The molecule has 0 aromatic carbocycles. The lowest BCUT2D eigenvalue weighted by atomic mass is 10.0. The molecule has 0 aliphatic rings. The van der Waals surface area contributed by atoms with E-state index in [2.05, 4.69) is 36.6 Å². The third-order valence-corrected chi connectivity index (χ3v) is 8.12. The first-order valence-corrected chi connectivity index (χ1v) is 17.5. The number of carboxylic acid groups (broad SMARTS) is 2. The van der Waals surface area contributed by atoms with Crippen molar-refractivity contribution in [1.82, 2.24) is 36.6 Å². The number of nitrogens with two attached hydrogens (primary N) is 2. The van der Waals surface area contributed by atoms with E-state index >= 15 is 0 Å². The van der Waals surface area contributed by atoms with Crippen LogP contribution in [-0.2, 0) is 40.0 Å². The van der Waals surface area contributed by atoms with E-state index < -0.39 is 103 Å². The van der Waals surface area contributed by atoms with Crippen LogP contribution in [0.5, 0.6) is 0 Å². The molecule has 6 atom stereocenters. The van der Waals surface area contributed by atoms with Crippen LogP contribution in [0.15, 0.2) is 12.5 Å². The van der Waals surface area contributed by atoms with E-state index in [1.165, 1.54) is 24.3 Å². The number of aromatic amines is 1. The van der Waals surface area contributed by atoms with Gasteiger partial charge in [-0.3, -0.25) is 28.8 Å². The van der Waals surface area contributed by atoms with Crippen LogP contribution in [-0.4, -0.2) is 128 Å². The Morgan fingerprint density at radius 2 is 1.40 bits per heavy atom. The number of carbonyl (C=O) groups excluding carboxylic acids is 5. The first-order valence-electron chi connectivity index (χ1n) is 16.1. The Morgan fingerprint density at radius 3 is 1.94 bits per heavy atom. The number of hydrogen-bond acceptors (Lipinski definition) is 12. The lowest BCUT2D eigenvalue weighted by Gasteiger charge is -2.28. The van der Waals surface area contributed by atoms with E-state index in [9.17, 15) is 48.9 Å². The Balaban J connectivity index is 3.11. The minimum Gasteiger partial charge on any atom is -0.481 e. The van der Waals surface area contributed by atoms with Crippen LogP contribution in [0.1, 0.15) is 58.1 Å². The summed E-state index contributed by atoms with van der Waals surface area (Å²) in [5, 5.41) is 40.8. The minimum absolute atomic E-state index is 0.0432. The molecule has 20 heteroatoms. The highest BCUT2D eigenvalue weighted by Crippen LogP contribution is 2.09. The van der Waals surface area contributed by atoms with Gasteiger partial charge in [-0.2, -0.15) is 11.8 Å². The van der Waals surface area contributed by atoms with Crippen LogP contribution in [0.3, 0.4) is 0 Å². The van der Waals surface area contributed by atoms with Crippen LogP contribution >= 0.6 is 11.8 Å². The molecule has 0 saturated carbocycles. The molecule has 0 spiro atoms. The molecular weight excluding hydrogens is 678 g/mol. The number of carbonyl (C=O) groups is 7. The Bertz CT molecular complexity index is 1270. The molecule has 282 valence electrons. The summed E-state index contributed by atoms with van der Waals surface area (Å²) in [7, 11) is 0. The predicted octanol–water partition coefficient (Wildman–Crippen LogP) is -2.82. The molecule has 6 unspecified atom stereocenters. The van der Waals surface area contributed by atoms with Gasteiger partial charge in [-0.1, -0.05) is 13.8 Å². The molecule has 5 amide bonds. The number of thioether (sulfide) groups is 1. The molecule has 13 N–H and O–H groups in total. The molecule has 0 bridgehead atoms. The summed E-state index contributed by atoms with van der Waals surface area (Å²) >= 11 is 1.40. The van der Waals surface area contributed by atoms with Gasteiger partial charge in [0.05, 0.1) is 19.0 Å². The first-order chi connectivity index (χ1) is 23.6. The average molecular weight is 730 g/mol. The van der Waals surface area contributed by atoms with Crippen molar-refractivity contribution in [3.63, 3.8) is 0 Å². The maximum atomic E-state index is 13.5. The van der Waals surface area contributed by atoms with E-state index in [1.807, 2.05) is 0 Å². The highest BCUT2D eigenvalue weighted by atomic mass is 32.2. The standard InChI is InChI=1S/C30H51N9O10S/c1-16(2)24(29(47)36-19(6-4-5-10-31)26(44)37-21(30(48)49)9-11-50-3)39-27(45)20(7-8-23(41)42)35-28(46)22(14-40)38-25(43)18(32)12-17-13-33-15-34-17/h13,15-16,18-22,24,40H,4-12,14,31-32H2,1-3H3,(H,33,34)(H,35,46)(H,36,47)(H,37,44)(H,38,43)(H,39,45)(H,41,42)(H,48,49). The smallest absolute Gasteiger partial charge is 0.326 e. The number of H-pyrrole nitrogens is 1. The number of aliphatic hydroxyl groups excluding tert-OH is 1. The normalized spacial score (nSPS) is 14.7. The van der Waals surface area contributed by atoms with Crippen molar-refractivity contribution in [3.05, 3.63) is 18.2 Å². The fourth-order valence-electron chi connectivity index (χ4n) is 4.59. The second-order valence-electron chi connectivity index (χ2n) is 11.9. The number of carboxylic acids is 2. The number of nitrogens with one attached hydrogen (secondary N) is 6. The van der Waals surface area contributed by atoms with Gasteiger partial charge < -0.3 is 58.4 Å². The molecule has 1 heterocycles. The number of amides is 5. The number of unbranched alkanes of at least 4 members (excludes halogenated alkanes) is 1. The van der Waals surface area contributed by atoms with Gasteiger partial charge in [0.15, 0.2) is 0 Å². The van der Waals surface area contributed by atoms with E-state index in [4.69, 9.17) is 11.5 Å². The number of aliphatic hydroxyl groups is 1. The molecule has 1 rings (SSSR count). The molecule has 0 aliphatic heterocycles. The highest BCUT2D eigenvalue weighted by molar-refractivity contribution is 7.98. The number of nitrogens with zero attached hydrogens (tertiary/aromatic N) is 1. The van der Waals surface area contributed by atoms with Gasteiger partial charge in [-0.25, -0.2) is 9.78 Å². The number of aromatic nitrogens is 2. The summed E-state index contributed by atoms with van der Waals surface area (Å²) < 4.78 is 0. The molecule has 1 aromatic rings. The second kappa shape index (κ2) is 23.2. The number of rotatable bonds is 25.